The van der Waals surface area contributed by atoms with Crippen LogP contribution in [0.5, 0.6) is 0 Å². The average molecular weight is 275 g/mol. The molecule has 0 bridgehead atoms. The molecular formula is C15H21N3O2. The van der Waals surface area contributed by atoms with Gasteiger partial charge in [0.1, 0.15) is 0 Å². The number of ether oxygens (including phenoxy) is 1. The van der Waals surface area contributed by atoms with Crippen molar-refractivity contribution >= 4 is 5.91 Å². The highest BCUT2D eigenvalue weighted by Crippen LogP contribution is 2.21. The van der Waals surface area contributed by atoms with E-state index in [1.807, 2.05) is 6.92 Å². The van der Waals surface area contributed by atoms with Gasteiger partial charge in [-0.25, -0.2) is 0 Å². The molecule has 1 aromatic rings. The van der Waals surface area contributed by atoms with E-state index in [1.54, 1.807) is 0 Å². The van der Waals surface area contributed by atoms with Gasteiger partial charge in [0.25, 0.3) is 5.91 Å². The number of nitrogens with zero attached hydrogens (tertiary/aromatic N) is 1. The summed E-state index contributed by atoms with van der Waals surface area (Å²) < 4.78 is 5.42. The Hall–Kier alpha value is -1.62. The minimum atomic E-state index is -0.105. The predicted molar refractivity (Wildman–Crippen MR) is 75.4 cm³/mol. The van der Waals surface area contributed by atoms with Crippen LogP contribution in [-0.4, -0.2) is 28.8 Å². The molecule has 2 N–H and O–H groups in total. The highest BCUT2D eigenvalue weighted by Gasteiger charge is 2.23. The molecule has 0 fully saturated rings. The molecule has 20 heavy (non-hydrogen) atoms. The lowest BCUT2D eigenvalue weighted by atomic mass is 9.94. The lowest BCUT2D eigenvalue weighted by Crippen LogP contribution is -2.35. The van der Waals surface area contributed by atoms with Crippen LogP contribution in [0.25, 0.3) is 0 Å². The average Bonchev–Trinajstić information content (AvgIpc) is 2.92. The Morgan fingerprint density at radius 3 is 3.15 bits per heavy atom. The van der Waals surface area contributed by atoms with Gasteiger partial charge in [0, 0.05) is 23.7 Å². The number of nitrogens with one attached hydrogen (secondary N) is 2. The smallest absolute Gasteiger partial charge is 0.272 e. The Labute approximate surface area is 118 Å². The monoisotopic (exact) mass is 275 g/mol. The summed E-state index contributed by atoms with van der Waals surface area (Å²) in [6.45, 7) is 3.22. The number of carbonyl (C=O) groups is 1. The van der Waals surface area contributed by atoms with E-state index in [1.165, 1.54) is 18.4 Å². The summed E-state index contributed by atoms with van der Waals surface area (Å²) in [7, 11) is 0. The fourth-order valence-corrected chi connectivity index (χ4v) is 2.91. The maximum Gasteiger partial charge on any atom is 0.272 e. The van der Waals surface area contributed by atoms with Crippen molar-refractivity contribution in [1.29, 1.82) is 0 Å². The van der Waals surface area contributed by atoms with Crippen LogP contribution in [0.2, 0.25) is 0 Å². The number of aromatic nitrogens is 2. The van der Waals surface area contributed by atoms with Crippen LogP contribution in [0.15, 0.2) is 11.6 Å². The molecule has 0 saturated heterocycles. The highest BCUT2D eigenvalue weighted by molar-refractivity contribution is 5.94. The van der Waals surface area contributed by atoms with E-state index in [4.69, 9.17) is 4.74 Å². The molecule has 1 atom stereocenters. The molecule has 0 radical (unpaired) electrons. The first kappa shape index (κ1) is 13.4. The van der Waals surface area contributed by atoms with E-state index in [0.29, 0.717) is 18.9 Å². The third-order valence-electron chi connectivity index (χ3n) is 4.14. The van der Waals surface area contributed by atoms with Gasteiger partial charge in [-0.15, -0.1) is 0 Å². The second-order valence-electron chi connectivity index (χ2n) is 5.55. The topological polar surface area (TPSA) is 67.0 Å². The van der Waals surface area contributed by atoms with Crippen molar-refractivity contribution in [3.8, 4) is 0 Å². The lowest BCUT2D eigenvalue weighted by Gasteiger charge is -2.21. The second kappa shape index (κ2) is 5.79. The maximum absolute atomic E-state index is 12.4. The van der Waals surface area contributed by atoms with E-state index in [0.717, 1.165) is 30.5 Å². The summed E-state index contributed by atoms with van der Waals surface area (Å²) in [5.41, 5.74) is 3.78. The van der Waals surface area contributed by atoms with Crippen LogP contribution in [0.4, 0.5) is 0 Å². The zero-order valence-electron chi connectivity index (χ0n) is 11.9. The number of aromatic amines is 1. The van der Waals surface area contributed by atoms with Crippen molar-refractivity contribution in [2.24, 2.45) is 0 Å². The van der Waals surface area contributed by atoms with Crippen molar-refractivity contribution in [3.05, 3.63) is 28.6 Å². The Bertz CT molecular complexity index is 533. The third-order valence-corrected chi connectivity index (χ3v) is 4.14. The summed E-state index contributed by atoms with van der Waals surface area (Å²) in [5, 5.41) is 10.2. The van der Waals surface area contributed by atoms with Gasteiger partial charge in [0.15, 0.2) is 5.69 Å². The van der Waals surface area contributed by atoms with Crippen molar-refractivity contribution < 1.29 is 9.53 Å². The Kier molecular flexibility index (Phi) is 3.87. The zero-order chi connectivity index (χ0) is 13.9. The van der Waals surface area contributed by atoms with Gasteiger partial charge in [-0.1, -0.05) is 11.6 Å². The quantitative estimate of drug-likeness (QED) is 0.830. The van der Waals surface area contributed by atoms with E-state index >= 15 is 0 Å². The van der Waals surface area contributed by atoms with E-state index in [2.05, 4.69) is 21.6 Å². The van der Waals surface area contributed by atoms with Crippen LogP contribution in [0.1, 0.15) is 54.4 Å². The van der Waals surface area contributed by atoms with Crippen LogP contribution in [0, 0.1) is 0 Å². The molecule has 1 aliphatic carbocycles. The molecule has 2 heterocycles. The SMILES string of the molecule is C[C@@H](NC(=O)c1n[nH]c2c1COCC2)C1=CCCCC1. The number of allylic oxidation sites excluding steroid dienone is 1. The van der Waals surface area contributed by atoms with Gasteiger partial charge >= 0.3 is 0 Å². The number of fused-ring (bicyclic) bond motifs is 1. The summed E-state index contributed by atoms with van der Waals surface area (Å²) in [6.07, 6.45) is 7.75. The predicted octanol–water partition coefficient (Wildman–Crippen LogP) is 2.10. The van der Waals surface area contributed by atoms with Crippen LogP contribution in [0.3, 0.4) is 0 Å². The maximum atomic E-state index is 12.4. The molecular weight excluding hydrogens is 254 g/mol. The van der Waals surface area contributed by atoms with E-state index in [9.17, 15) is 4.79 Å². The molecule has 1 aliphatic heterocycles. The van der Waals surface area contributed by atoms with Crippen molar-refractivity contribution in [2.75, 3.05) is 6.61 Å². The lowest BCUT2D eigenvalue weighted by molar-refractivity contribution is 0.0917. The highest BCUT2D eigenvalue weighted by atomic mass is 16.5. The minimum absolute atomic E-state index is 0.0830. The summed E-state index contributed by atoms with van der Waals surface area (Å²) in [4.78, 5) is 12.4. The number of amides is 1. The van der Waals surface area contributed by atoms with Gasteiger partial charge in [-0.2, -0.15) is 5.10 Å². The summed E-state index contributed by atoms with van der Waals surface area (Å²) in [5.74, 6) is -0.105. The van der Waals surface area contributed by atoms with Gasteiger partial charge in [0.05, 0.1) is 13.2 Å². The Morgan fingerprint density at radius 1 is 1.45 bits per heavy atom. The van der Waals surface area contributed by atoms with Gasteiger partial charge < -0.3 is 10.1 Å². The van der Waals surface area contributed by atoms with Crippen molar-refractivity contribution in [1.82, 2.24) is 15.5 Å². The van der Waals surface area contributed by atoms with Gasteiger partial charge in [0.2, 0.25) is 0 Å². The number of hydrogen-bond acceptors (Lipinski definition) is 3. The zero-order valence-corrected chi connectivity index (χ0v) is 11.9. The fourth-order valence-electron chi connectivity index (χ4n) is 2.91. The number of H-pyrrole nitrogens is 1. The standard InChI is InChI=1S/C15H21N3O2/c1-10(11-5-3-2-4-6-11)16-15(19)14-12-9-20-8-7-13(12)17-18-14/h5,10H,2-4,6-9H2,1H3,(H,16,19)(H,17,18)/t10-/m1/s1. The minimum Gasteiger partial charge on any atom is -0.376 e. The Morgan fingerprint density at radius 2 is 2.35 bits per heavy atom. The molecule has 2 aliphatic rings. The molecule has 3 rings (SSSR count). The molecule has 0 spiro atoms. The Balaban J connectivity index is 1.70. The molecule has 5 nitrogen and oxygen atoms in total. The number of hydrogen-bond donors (Lipinski definition) is 2. The van der Waals surface area contributed by atoms with E-state index < -0.39 is 0 Å². The van der Waals surface area contributed by atoms with Crippen LogP contribution < -0.4 is 5.32 Å². The first-order valence-electron chi connectivity index (χ1n) is 7.39. The summed E-state index contributed by atoms with van der Waals surface area (Å²) >= 11 is 0. The van der Waals surface area contributed by atoms with E-state index in [-0.39, 0.29) is 11.9 Å². The molecule has 0 aromatic carbocycles. The van der Waals surface area contributed by atoms with Gasteiger partial charge in [-0.05, 0) is 32.6 Å². The first-order chi connectivity index (χ1) is 9.75. The van der Waals surface area contributed by atoms with Crippen molar-refractivity contribution in [2.45, 2.75) is 51.7 Å². The molecule has 0 unspecified atom stereocenters. The third kappa shape index (κ3) is 2.63. The molecule has 108 valence electrons. The number of carbonyl (C=O) groups excluding carboxylic acids is 1. The summed E-state index contributed by atoms with van der Waals surface area (Å²) in [6, 6.07) is 0.0830. The number of rotatable bonds is 3. The van der Waals surface area contributed by atoms with Gasteiger partial charge in [-0.3, -0.25) is 9.89 Å². The molecule has 0 saturated carbocycles. The largest absolute Gasteiger partial charge is 0.376 e. The fraction of sp³-hybridized carbons (Fsp3) is 0.600. The van der Waals surface area contributed by atoms with Crippen LogP contribution >= 0.6 is 0 Å². The normalized spacial score (nSPS) is 19.9. The molecule has 5 heteroatoms. The van der Waals surface area contributed by atoms with Crippen LogP contribution in [-0.2, 0) is 17.8 Å². The molecule has 1 amide bonds. The molecule has 1 aromatic heterocycles. The first-order valence-corrected chi connectivity index (χ1v) is 7.39. The second-order valence-corrected chi connectivity index (χ2v) is 5.55. The van der Waals surface area contributed by atoms with Crippen molar-refractivity contribution in [3.63, 3.8) is 0 Å².